The normalized spacial score (nSPS) is 11.7. The number of hydrogen-bond donors (Lipinski definition) is 1. The average molecular weight is 341 g/mol. The minimum atomic E-state index is -0.124. The van der Waals surface area contributed by atoms with Gasteiger partial charge >= 0.3 is 0 Å². The lowest BCUT2D eigenvalue weighted by Crippen LogP contribution is -2.32. The summed E-state index contributed by atoms with van der Waals surface area (Å²) in [5, 5.41) is 3.05. The van der Waals surface area contributed by atoms with Crippen molar-refractivity contribution in [1.82, 2.24) is 5.32 Å². The van der Waals surface area contributed by atoms with Crippen LogP contribution in [0.2, 0.25) is 0 Å². The molecule has 4 nitrogen and oxygen atoms in total. The molecule has 1 amide bonds. The molecule has 0 aromatic heterocycles. The van der Waals surface area contributed by atoms with Gasteiger partial charge in [-0.25, -0.2) is 0 Å². The van der Waals surface area contributed by atoms with E-state index in [2.05, 4.69) is 18.3 Å². The van der Waals surface area contributed by atoms with Crippen LogP contribution in [0.15, 0.2) is 36.4 Å². The zero-order valence-corrected chi connectivity index (χ0v) is 15.7. The molecule has 0 saturated heterocycles. The van der Waals surface area contributed by atoms with Crippen molar-refractivity contribution in [3.63, 3.8) is 0 Å². The Bertz CT molecular complexity index is 740. The maximum absolute atomic E-state index is 12.3. The number of hydrogen-bond acceptors (Lipinski definition) is 3. The van der Waals surface area contributed by atoms with Crippen LogP contribution in [-0.4, -0.2) is 19.6 Å². The molecule has 1 unspecified atom stereocenters. The molecule has 0 radical (unpaired) electrons. The number of carbonyl (C=O) groups is 1. The third-order valence-corrected chi connectivity index (χ3v) is 4.48. The van der Waals surface area contributed by atoms with Crippen LogP contribution in [0.1, 0.15) is 41.6 Å². The summed E-state index contributed by atoms with van der Waals surface area (Å²) in [5.74, 6) is 1.48. The molecule has 1 atom stereocenters. The lowest BCUT2D eigenvalue weighted by molar-refractivity contribution is -0.123. The summed E-state index contributed by atoms with van der Waals surface area (Å²) in [5.41, 5.74) is 4.34. The Morgan fingerprint density at radius 1 is 1.08 bits per heavy atom. The van der Waals surface area contributed by atoms with Crippen LogP contribution in [-0.2, 0) is 4.79 Å². The van der Waals surface area contributed by atoms with E-state index in [-0.39, 0.29) is 18.6 Å². The van der Waals surface area contributed by atoms with Crippen LogP contribution in [0.5, 0.6) is 11.5 Å². The average Bonchev–Trinajstić information content (AvgIpc) is 2.60. The van der Waals surface area contributed by atoms with Crippen LogP contribution in [0.3, 0.4) is 0 Å². The molecule has 2 rings (SSSR count). The fourth-order valence-electron chi connectivity index (χ4n) is 2.80. The Balaban J connectivity index is 2.00. The van der Waals surface area contributed by atoms with E-state index in [9.17, 15) is 4.79 Å². The number of amides is 1. The molecule has 2 aromatic rings. The first-order valence-corrected chi connectivity index (χ1v) is 8.59. The maximum Gasteiger partial charge on any atom is 0.258 e. The first kappa shape index (κ1) is 18.8. The van der Waals surface area contributed by atoms with Crippen LogP contribution < -0.4 is 14.8 Å². The molecule has 2 aromatic carbocycles. The van der Waals surface area contributed by atoms with Gasteiger partial charge in [-0.2, -0.15) is 0 Å². The first-order valence-electron chi connectivity index (χ1n) is 8.59. The van der Waals surface area contributed by atoms with Gasteiger partial charge in [-0.15, -0.1) is 0 Å². The van der Waals surface area contributed by atoms with Crippen LogP contribution in [0, 0.1) is 20.8 Å². The van der Waals surface area contributed by atoms with Gasteiger partial charge < -0.3 is 14.8 Å². The molecule has 0 saturated carbocycles. The predicted octanol–water partition coefficient (Wildman–Crippen LogP) is 4.27. The van der Waals surface area contributed by atoms with Crippen molar-refractivity contribution in [3.8, 4) is 11.5 Å². The van der Waals surface area contributed by atoms with Crippen molar-refractivity contribution >= 4 is 5.91 Å². The van der Waals surface area contributed by atoms with Gasteiger partial charge in [-0.3, -0.25) is 4.79 Å². The number of benzene rings is 2. The number of ether oxygens (including phenoxy) is 2. The zero-order valence-electron chi connectivity index (χ0n) is 15.7. The van der Waals surface area contributed by atoms with Gasteiger partial charge in [0.25, 0.3) is 5.91 Å². The van der Waals surface area contributed by atoms with Gasteiger partial charge in [-0.1, -0.05) is 31.2 Å². The molecular weight excluding hydrogens is 314 g/mol. The highest BCUT2D eigenvalue weighted by Gasteiger charge is 2.15. The van der Waals surface area contributed by atoms with E-state index >= 15 is 0 Å². The highest BCUT2D eigenvalue weighted by molar-refractivity contribution is 5.78. The zero-order chi connectivity index (χ0) is 18.4. The Hall–Kier alpha value is -2.49. The van der Waals surface area contributed by atoms with E-state index in [1.807, 2.05) is 51.1 Å². The fourth-order valence-corrected chi connectivity index (χ4v) is 2.80. The van der Waals surface area contributed by atoms with Crippen LogP contribution in [0.4, 0.5) is 0 Å². The van der Waals surface area contributed by atoms with Crippen LogP contribution >= 0.6 is 0 Å². The van der Waals surface area contributed by atoms with Crippen molar-refractivity contribution in [2.75, 3.05) is 13.7 Å². The summed E-state index contributed by atoms with van der Waals surface area (Å²) in [4.78, 5) is 12.3. The lowest BCUT2D eigenvalue weighted by Gasteiger charge is -2.19. The molecule has 0 heterocycles. The summed E-state index contributed by atoms with van der Waals surface area (Å²) in [7, 11) is 1.66. The van der Waals surface area contributed by atoms with E-state index in [1.165, 1.54) is 0 Å². The molecule has 0 fully saturated rings. The van der Waals surface area contributed by atoms with E-state index in [1.54, 1.807) is 7.11 Å². The predicted molar refractivity (Wildman–Crippen MR) is 100 cm³/mol. The Kier molecular flexibility index (Phi) is 6.45. The quantitative estimate of drug-likeness (QED) is 0.818. The SMILES string of the molecule is CCC(NC(=O)COc1cccc(C)c1C)c1ccc(OC)c(C)c1. The largest absolute Gasteiger partial charge is 0.496 e. The summed E-state index contributed by atoms with van der Waals surface area (Å²) >= 11 is 0. The summed E-state index contributed by atoms with van der Waals surface area (Å²) in [6.07, 6.45) is 0.807. The smallest absolute Gasteiger partial charge is 0.258 e. The minimum absolute atomic E-state index is 0.00985. The highest BCUT2D eigenvalue weighted by atomic mass is 16.5. The molecule has 0 aliphatic carbocycles. The molecule has 25 heavy (non-hydrogen) atoms. The molecule has 0 aliphatic rings. The van der Waals surface area contributed by atoms with Crippen molar-refractivity contribution in [2.45, 2.75) is 40.2 Å². The second-order valence-electron chi connectivity index (χ2n) is 6.24. The number of nitrogens with one attached hydrogen (secondary N) is 1. The summed E-state index contributed by atoms with van der Waals surface area (Å²) in [6, 6.07) is 11.8. The van der Waals surface area contributed by atoms with Crippen molar-refractivity contribution in [1.29, 1.82) is 0 Å². The van der Waals surface area contributed by atoms with Crippen LogP contribution in [0.25, 0.3) is 0 Å². The number of aryl methyl sites for hydroxylation is 2. The van der Waals surface area contributed by atoms with Gasteiger partial charge in [0.1, 0.15) is 11.5 Å². The van der Waals surface area contributed by atoms with E-state index in [0.717, 1.165) is 40.2 Å². The maximum atomic E-state index is 12.3. The number of rotatable bonds is 7. The first-order chi connectivity index (χ1) is 12.0. The molecule has 0 bridgehead atoms. The van der Waals surface area contributed by atoms with Gasteiger partial charge in [0, 0.05) is 0 Å². The number of methoxy groups -OCH3 is 1. The molecule has 134 valence electrons. The van der Waals surface area contributed by atoms with E-state index < -0.39 is 0 Å². The summed E-state index contributed by atoms with van der Waals surface area (Å²) in [6.45, 7) is 8.09. The second-order valence-corrected chi connectivity index (χ2v) is 6.24. The van der Waals surface area contributed by atoms with Crippen molar-refractivity contribution in [3.05, 3.63) is 58.7 Å². The van der Waals surface area contributed by atoms with E-state index in [4.69, 9.17) is 9.47 Å². The highest BCUT2D eigenvalue weighted by Crippen LogP contribution is 2.24. The van der Waals surface area contributed by atoms with E-state index in [0.29, 0.717) is 0 Å². The Morgan fingerprint density at radius 3 is 2.48 bits per heavy atom. The molecule has 1 N–H and O–H groups in total. The molecule has 0 spiro atoms. The molecule has 0 aliphatic heterocycles. The lowest BCUT2D eigenvalue weighted by atomic mass is 10.0. The van der Waals surface area contributed by atoms with Gasteiger partial charge in [0.2, 0.25) is 0 Å². The van der Waals surface area contributed by atoms with Gasteiger partial charge in [0.05, 0.1) is 13.2 Å². The monoisotopic (exact) mass is 341 g/mol. The van der Waals surface area contributed by atoms with Crippen molar-refractivity contribution < 1.29 is 14.3 Å². The standard InChI is InChI=1S/C21H27NO3/c1-6-18(17-10-11-19(24-5)15(3)12-17)22-21(23)13-25-20-9-7-8-14(2)16(20)4/h7-12,18H,6,13H2,1-5H3,(H,22,23). The van der Waals surface area contributed by atoms with Crippen molar-refractivity contribution in [2.24, 2.45) is 0 Å². The molecule has 4 heteroatoms. The Labute approximate surface area is 150 Å². The third kappa shape index (κ3) is 4.75. The number of carbonyl (C=O) groups excluding carboxylic acids is 1. The summed E-state index contributed by atoms with van der Waals surface area (Å²) < 4.78 is 11.0. The third-order valence-electron chi connectivity index (χ3n) is 4.48. The Morgan fingerprint density at radius 2 is 1.84 bits per heavy atom. The van der Waals surface area contributed by atoms with Gasteiger partial charge in [-0.05, 0) is 61.6 Å². The molecular formula is C21H27NO3. The van der Waals surface area contributed by atoms with Gasteiger partial charge in [0.15, 0.2) is 6.61 Å². The second kappa shape index (κ2) is 8.56. The topological polar surface area (TPSA) is 47.6 Å². The fraction of sp³-hybridized carbons (Fsp3) is 0.381. The minimum Gasteiger partial charge on any atom is -0.496 e.